The van der Waals surface area contributed by atoms with Gasteiger partial charge in [0, 0.05) is 12.8 Å². The van der Waals surface area contributed by atoms with Crippen LogP contribution in [0, 0.1) is 0 Å². The van der Waals surface area contributed by atoms with Crippen molar-refractivity contribution >= 4 is 0 Å². The minimum absolute atomic E-state index is 0.154. The molecular weight excluding hydrogens is 272 g/mol. The highest BCUT2D eigenvalue weighted by molar-refractivity contribution is 5.44. The topological polar surface area (TPSA) is 18.5 Å². The number of ether oxygens (including phenoxy) is 2. The maximum absolute atomic E-state index is 6.43. The van der Waals surface area contributed by atoms with Crippen molar-refractivity contribution in [3.05, 3.63) is 34.9 Å². The number of benzene rings is 1. The molecule has 0 radical (unpaired) electrons. The van der Waals surface area contributed by atoms with Gasteiger partial charge in [-0.3, -0.25) is 0 Å². The predicted molar refractivity (Wildman–Crippen MR) is 85.9 cm³/mol. The number of fused-ring (bicyclic) bond motifs is 2. The zero-order valence-electron chi connectivity index (χ0n) is 13.4. The fourth-order valence-corrected chi connectivity index (χ4v) is 5.00. The number of hydrogen-bond acceptors (Lipinski definition) is 2. The molecule has 1 aliphatic heterocycles. The molecule has 1 aromatic rings. The van der Waals surface area contributed by atoms with E-state index in [1.807, 2.05) is 0 Å². The van der Waals surface area contributed by atoms with Crippen LogP contribution >= 0.6 is 0 Å². The van der Waals surface area contributed by atoms with E-state index in [1.54, 1.807) is 11.1 Å². The molecule has 22 heavy (non-hydrogen) atoms. The van der Waals surface area contributed by atoms with Gasteiger partial charge >= 0.3 is 0 Å². The van der Waals surface area contributed by atoms with E-state index in [1.165, 1.54) is 56.9 Å². The van der Waals surface area contributed by atoms with Crippen molar-refractivity contribution in [2.45, 2.75) is 81.5 Å². The molecule has 0 amide bonds. The molecule has 4 aliphatic rings. The van der Waals surface area contributed by atoms with Crippen molar-refractivity contribution in [2.24, 2.45) is 0 Å². The summed E-state index contributed by atoms with van der Waals surface area (Å²) >= 11 is 0. The maximum Gasteiger partial charge on any atom is 0.169 e. The molecule has 5 rings (SSSR count). The number of hydrogen-bond donors (Lipinski definition) is 0. The normalized spacial score (nSPS) is 31.4. The Hall–Kier alpha value is -0.860. The van der Waals surface area contributed by atoms with E-state index in [0.29, 0.717) is 5.41 Å². The Labute approximate surface area is 133 Å². The zero-order chi connectivity index (χ0) is 14.6. The first-order chi connectivity index (χ1) is 10.8. The van der Waals surface area contributed by atoms with Crippen LogP contribution in [0.1, 0.15) is 80.6 Å². The Kier molecular flexibility index (Phi) is 2.97. The molecule has 1 heterocycles. The van der Waals surface area contributed by atoms with Crippen molar-refractivity contribution in [2.75, 3.05) is 6.61 Å². The van der Waals surface area contributed by atoms with Gasteiger partial charge in [0.2, 0.25) is 0 Å². The van der Waals surface area contributed by atoms with Crippen molar-refractivity contribution in [1.29, 1.82) is 0 Å². The van der Waals surface area contributed by atoms with E-state index in [2.05, 4.69) is 18.2 Å². The zero-order valence-corrected chi connectivity index (χ0v) is 13.4. The second kappa shape index (κ2) is 4.82. The van der Waals surface area contributed by atoms with E-state index in [9.17, 15) is 0 Å². The Balaban J connectivity index is 1.42. The summed E-state index contributed by atoms with van der Waals surface area (Å²) in [6.07, 6.45) is 13.0. The molecule has 1 saturated heterocycles. The quantitative estimate of drug-likeness (QED) is 0.741. The molecule has 2 saturated carbocycles. The smallest absolute Gasteiger partial charge is 0.169 e. The van der Waals surface area contributed by atoms with Crippen LogP contribution in [0.2, 0.25) is 0 Å². The molecule has 0 bridgehead atoms. The molecule has 3 aliphatic carbocycles. The first-order valence-corrected chi connectivity index (χ1v) is 9.24. The molecular formula is C20H26O2. The van der Waals surface area contributed by atoms with Gasteiger partial charge in [-0.1, -0.05) is 24.6 Å². The second-order valence-electron chi connectivity index (χ2n) is 7.94. The lowest BCUT2D eigenvalue weighted by Gasteiger charge is -2.32. The van der Waals surface area contributed by atoms with Crippen molar-refractivity contribution in [3.63, 3.8) is 0 Å². The minimum Gasteiger partial charge on any atom is -0.347 e. The molecule has 0 N–H and O–H groups in total. The number of rotatable bonds is 1. The van der Waals surface area contributed by atoms with E-state index in [-0.39, 0.29) is 11.9 Å². The molecule has 3 fully saturated rings. The summed E-state index contributed by atoms with van der Waals surface area (Å²) in [5, 5.41) is 0. The van der Waals surface area contributed by atoms with Crippen LogP contribution in [0.4, 0.5) is 0 Å². The molecule has 2 nitrogen and oxygen atoms in total. The molecule has 118 valence electrons. The van der Waals surface area contributed by atoms with E-state index >= 15 is 0 Å². The highest BCUT2D eigenvalue weighted by atomic mass is 16.7. The van der Waals surface area contributed by atoms with Crippen LogP contribution in [0.25, 0.3) is 0 Å². The molecule has 1 aromatic carbocycles. The van der Waals surface area contributed by atoms with Crippen LogP contribution in [0.15, 0.2) is 18.2 Å². The lowest BCUT2D eigenvalue weighted by Crippen LogP contribution is -2.32. The molecule has 2 heteroatoms. The minimum atomic E-state index is -0.254. The van der Waals surface area contributed by atoms with Gasteiger partial charge in [0.1, 0.15) is 6.10 Å². The summed E-state index contributed by atoms with van der Waals surface area (Å²) in [6, 6.07) is 7.15. The maximum atomic E-state index is 6.43. The summed E-state index contributed by atoms with van der Waals surface area (Å²) in [5.74, 6) is -0.254. The standard InChI is InChI=1S/C20H26O2/c1-2-9-20(10-3-1)21-14-18(22-20)16-7-6-15-5-4-8-19(11-12-19)17(15)13-16/h6-7,13,18H,1-5,8-12,14H2. The Morgan fingerprint density at radius 3 is 2.59 bits per heavy atom. The average Bonchev–Trinajstić information content (AvgIpc) is 3.22. The largest absolute Gasteiger partial charge is 0.347 e. The fraction of sp³-hybridized carbons (Fsp3) is 0.700. The first kappa shape index (κ1) is 13.6. The first-order valence-electron chi connectivity index (χ1n) is 9.24. The Morgan fingerprint density at radius 2 is 1.77 bits per heavy atom. The average molecular weight is 298 g/mol. The Bertz CT molecular complexity index is 581. The van der Waals surface area contributed by atoms with Gasteiger partial charge in [-0.25, -0.2) is 0 Å². The van der Waals surface area contributed by atoms with Crippen molar-refractivity contribution < 1.29 is 9.47 Å². The van der Waals surface area contributed by atoms with Crippen LogP contribution in [-0.4, -0.2) is 12.4 Å². The Morgan fingerprint density at radius 1 is 0.909 bits per heavy atom. The summed E-state index contributed by atoms with van der Waals surface area (Å²) in [4.78, 5) is 0. The van der Waals surface area contributed by atoms with Gasteiger partial charge in [-0.05, 0) is 67.1 Å². The number of aryl methyl sites for hydroxylation is 1. The molecule has 0 aromatic heterocycles. The fourth-order valence-electron chi connectivity index (χ4n) is 5.00. The van der Waals surface area contributed by atoms with E-state index in [0.717, 1.165) is 19.4 Å². The molecule has 1 unspecified atom stereocenters. The van der Waals surface area contributed by atoms with Crippen LogP contribution in [0.3, 0.4) is 0 Å². The van der Waals surface area contributed by atoms with Crippen LogP contribution in [-0.2, 0) is 21.3 Å². The van der Waals surface area contributed by atoms with Crippen molar-refractivity contribution in [1.82, 2.24) is 0 Å². The van der Waals surface area contributed by atoms with Gasteiger partial charge in [-0.15, -0.1) is 0 Å². The van der Waals surface area contributed by atoms with Gasteiger partial charge in [0.05, 0.1) is 6.61 Å². The lowest BCUT2D eigenvalue weighted by atomic mass is 9.79. The van der Waals surface area contributed by atoms with Crippen LogP contribution in [0.5, 0.6) is 0 Å². The van der Waals surface area contributed by atoms with Gasteiger partial charge < -0.3 is 9.47 Å². The summed E-state index contributed by atoms with van der Waals surface area (Å²) < 4.78 is 12.6. The monoisotopic (exact) mass is 298 g/mol. The van der Waals surface area contributed by atoms with Crippen molar-refractivity contribution in [3.8, 4) is 0 Å². The van der Waals surface area contributed by atoms with E-state index in [4.69, 9.17) is 9.47 Å². The molecule has 2 spiro atoms. The molecule has 1 atom stereocenters. The third kappa shape index (κ3) is 2.07. The van der Waals surface area contributed by atoms with Crippen LogP contribution < -0.4 is 0 Å². The third-order valence-electron chi connectivity index (χ3n) is 6.50. The van der Waals surface area contributed by atoms with E-state index < -0.39 is 0 Å². The SMILES string of the molecule is c1cc2c(cc1C1COC3(CCCCC3)O1)C1(CCC2)CC1. The summed E-state index contributed by atoms with van der Waals surface area (Å²) in [6.45, 7) is 0.742. The van der Waals surface area contributed by atoms with Gasteiger partial charge in [-0.2, -0.15) is 0 Å². The highest BCUT2D eigenvalue weighted by Crippen LogP contribution is 2.56. The summed E-state index contributed by atoms with van der Waals surface area (Å²) in [5.41, 5.74) is 5.14. The second-order valence-corrected chi connectivity index (χ2v) is 7.94. The highest BCUT2D eigenvalue weighted by Gasteiger charge is 2.47. The third-order valence-corrected chi connectivity index (χ3v) is 6.50. The van der Waals surface area contributed by atoms with Gasteiger partial charge in [0.25, 0.3) is 0 Å². The summed E-state index contributed by atoms with van der Waals surface area (Å²) in [7, 11) is 0. The lowest BCUT2D eigenvalue weighted by molar-refractivity contribution is -0.187. The van der Waals surface area contributed by atoms with Gasteiger partial charge in [0.15, 0.2) is 5.79 Å². The predicted octanol–water partition coefficient (Wildman–Crippen LogP) is 4.80.